The number of H-pyrrole nitrogens is 1. The molecule has 1 amide bonds. The molecule has 2 N–H and O–H groups in total. The van der Waals surface area contributed by atoms with Crippen LogP contribution in [0.3, 0.4) is 0 Å². The highest BCUT2D eigenvalue weighted by atomic mass is 16.5. The van der Waals surface area contributed by atoms with E-state index in [1.54, 1.807) is 6.20 Å². The predicted octanol–water partition coefficient (Wildman–Crippen LogP) is 2.18. The van der Waals surface area contributed by atoms with Crippen molar-refractivity contribution in [2.24, 2.45) is 13.0 Å². The summed E-state index contributed by atoms with van der Waals surface area (Å²) in [6, 6.07) is 4.08. The van der Waals surface area contributed by atoms with Crippen LogP contribution >= 0.6 is 0 Å². The van der Waals surface area contributed by atoms with Gasteiger partial charge in [0.25, 0.3) is 0 Å². The zero-order valence-corrected chi connectivity index (χ0v) is 14.5. The minimum absolute atomic E-state index is 0.0682. The molecule has 130 valence electrons. The van der Waals surface area contributed by atoms with E-state index in [4.69, 9.17) is 4.74 Å². The van der Waals surface area contributed by atoms with Crippen molar-refractivity contribution in [1.29, 1.82) is 0 Å². The van der Waals surface area contributed by atoms with Crippen LogP contribution in [0.4, 0.5) is 0 Å². The number of fused-ring (bicyclic) bond motifs is 1. The van der Waals surface area contributed by atoms with Crippen molar-refractivity contribution in [3.8, 4) is 16.9 Å². The van der Waals surface area contributed by atoms with Gasteiger partial charge in [0.2, 0.25) is 5.91 Å². The molecule has 4 rings (SSSR count). The van der Waals surface area contributed by atoms with Crippen LogP contribution in [-0.2, 0) is 11.8 Å². The van der Waals surface area contributed by atoms with Crippen molar-refractivity contribution >= 4 is 16.8 Å². The lowest BCUT2D eigenvalue weighted by molar-refractivity contribution is -0.119. The minimum Gasteiger partial charge on any atom is -0.490 e. The number of nitrogens with one attached hydrogen (secondary N) is 2. The summed E-state index contributed by atoms with van der Waals surface area (Å²) < 4.78 is 8.18. The summed E-state index contributed by atoms with van der Waals surface area (Å²) in [5.74, 6) is 1.07. The van der Waals surface area contributed by atoms with Gasteiger partial charge < -0.3 is 10.1 Å². The smallest absolute Gasteiger partial charge is 0.220 e. The Morgan fingerprint density at radius 2 is 2.20 bits per heavy atom. The summed E-state index contributed by atoms with van der Waals surface area (Å²) in [5.41, 5.74) is 3.93. The molecule has 2 atom stereocenters. The third kappa shape index (κ3) is 2.75. The van der Waals surface area contributed by atoms with E-state index in [1.165, 1.54) is 0 Å². The summed E-state index contributed by atoms with van der Waals surface area (Å²) >= 11 is 0. The Balaban J connectivity index is 1.76. The molecule has 0 saturated carbocycles. The summed E-state index contributed by atoms with van der Waals surface area (Å²) in [6.07, 6.45) is 4.08. The van der Waals surface area contributed by atoms with Gasteiger partial charge in [0, 0.05) is 43.4 Å². The van der Waals surface area contributed by atoms with Crippen molar-refractivity contribution in [2.45, 2.75) is 26.4 Å². The van der Waals surface area contributed by atoms with Crippen LogP contribution < -0.4 is 10.1 Å². The van der Waals surface area contributed by atoms with Gasteiger partial charge in [0.1, 0.15) is 11.9 Å². The van der Waals surface area contributed by atoms with Gasteiger partial charge >= 0.3 is 0 Å². The quantitative estimate of drug-likeness (QED) is 0.763. The number of carbonyl (C=O) groups excluding carboxylic acids is 1. The van der Waals surface area contributed by atoms with Crippen LogP contribution in [-0.4, -0.2) is 38.5 Å². The molecule has 0 aliphatic carbocycles. The number of nitrogens with zero attached hydrogens (tertiary/aromatic N) is 3. The molecule has 0 radical (unpaired) electrons. The maximum Gasteiger partial charge on any atom is 0.220 e. The maximum absolute atomic E-state index is 11.5. The summed E-state index contributed by atoms with van der Waals surface area (Å²) in [4.78, 5) is 11.5. The minimum atomic E-state index is -0.0682. The molecule has 25 heavy (non-hydrogen) atoms. The molecule has 3 aromatic rings. The molecule has 1 fully saturated rings. The van der Waals surface area contributed by atoms with Crippen molar-refractivity contribution in [3.05, 3.63) is 30.2 Å². The fourth-order valence-corrected chi connectivity index (χ4v) is 3.37. The van der Waals surface area contributed by atoms with E-state index >= 15 is 0 Å². The first-order valence-corrected chi connectivity index (χ1v) is 8.43. The third-order valence-electron chi connectivity index (χ3n) is 5.00. The standard InChI is InChI=1S/C18H21N5O2/c1-10-18-15(22-23(10)3)4-12(14-8-20-21-9-14)5-16(18)25-11(2)13-6-17(24)19-7-13/h4-5,8-9,11,13H,6-7H2,1-3H3,(H,19,24)(H,20,21)/t11-,13-/m1/s1. The van der Waals surface area contributed by atoms with Crippen molar-refractivity contribution < 1.29 is 9.53 Å². The molecule has 7 nitrogen and oxygen atoms in total. The van der Waals surface area contributed by atoms with E-state index in [9.17, 15) is 4.79 Å². The molecule has 1 saturated heterocycles. The maximum atomic E-state index is 11.5. The van der Waals surface area contributed by atoms with Gasteiger partial charge in [-0.1, -0.05) is 0 Å². The normalized spacial score (nSPS) is 18.5. The van der Waals surface area contributed by atoms with Gasteiger partial charge in [-0.05, 0) is 31.5 Å². The highest BCUT2D eigenvalue weighted by molar-refractivity contribution is 5.92. The van der Waals surface area contributed by atoms with E-state index in [1.807, 2.05) is 43.9 Å². The number of aromatic nitrogens is 4. The molecular weight excluding hydrogens is 318 g/mol. The van der Waals surface area contributed by atoms with E-state index < -0.39 is 0 Å². The first-order chi connectivity index (χ1) is 12.0. The van der Waals surface area contributed by atoms with E-state index in [0.29, 0.717) is 13.0 Å². The van der Waals surface area contributed by atoms with Gasteiger partial charge in [-0.3, -0.25) is 14.6 Å². The van der Waals surface area contributed by atoms with Crippen LogP contribution in [0.25, 0.3) is 22.0 Å². The zero-order valence-electron chi connectivity index (χ0n) is 14.5. The third-order valence-corrected chi connectivity index (χ3v) is 5.00. The molecular formula is C18H21N5O2. The fraction of sp³-hybridized carbons (Fsp3) is 0.389. The largest absolute Gasteiger partial charge is 0.490 e. The van der Waals surface area contributed by atoms with Gasteiger partial charge in [0.15, 0.2) is 0 Å². The van der Waals surface area contributed by atoms with Crippen molar-refractivity contribution in [2.75, 3.05) is 6.54 Å². The predicted molar refractivity (Wildman–Crippen MR) is 94.2 cm³/mol. The Kier molecular flexibility index (Phi) is 3.71. The highest BCUT2D eigenvalue weighted by Crippen LogP contribution is 2.35. The molecule has 0 bridgehead atoms. The Labute approximate surface area is 145 Å². The SMILES string of the molecule is Cc1c2c(O[C@H](C)[C@H]3CNC(=O)C3)cc(-c3cn[nH]c3)cc2nn1C. The Bertz CT molecular complexity index is 929. The monoisotopic (exact) mass is 339 g/mol. The van der Waals surface area contributed by atoms with E-state index in [0.717, 1.165) is 33.5 Å². The van der Waals surface area contributed by atoms with Gasteiger partial charge in [-0.25, -0.2) is 0 Å². The number of carbonyl (C=O) groups is 1. The fourth-order valence-electron chi connectivity index (χ4n) is 3.37. The van der Waals surface area contributed by atoms with E-state index in [-0.39, 0.29) is 17.9 Å². The summed E-state index contributed by atoms with van der Waals surface area (Å²) in [7, 11) is 1.93. The number of benzene rings is 1. The lowest BCUT2D eigenvalue weighted by Gasteiger charge is -2.20. The molecule has 0 unspecified atom stereocenters. The first-order valence-electron chi connectivity index (χ1n) is 8.43. The second kappa shape index (κ2) is 5.91. The number of hydrogen-bond donors (Lipinski definition) is 2. The molecule has 7 heteroatoms. The second-order valence-corrected chi connectivity index (χ2v) is 6.66. The Hall–Kier alpha value is -2.83. The van der Waals surface area contributed by atoms with Gasteiger partial charge in [0.05, 0.1) is 17.1 Å². The lowest BCUT2D eigenvalue weighted by atomic mass is 10.0. The summed E-state index contributed by atoms with van der Waals surface area (Å²) in [5, 5.41) is 15.4. The molecule has 0 spiro atoms. The molecule has 1 aromatic carbocycles. The molecule has 1 aliphatic heterocycles. The average molecular weight is 339 g/mol. The highest BCUT2D eigenvalue weighted by Gasteiger charge is 2.28. The Morgan fingerprint density at radius 1 is 1.36 bits per heavy atom. The van der Waals surface area contributed by atoms with Crippen LogP contribution in [0.2, 0.25) is 0 Å². The molecule has 3 heterocycles. The Morgan fingerprint density at radius 3 is 2.88 bits per heavy atom. The van der Waals surface area contributed by atoms with Gasteiger partial charge in [-0.15, -0.1) is 0 Å². The first kappa shape index (κ1) is 15.7. The number of hydrogen-bond acceptors (Lipinski definition) is 4. The average Bonchev–Trinajstić information content (AvgIpc) is 3.29. The van der Waals surface area contributed by atoms with Gasteiger partial charge in [-0.2, -0.15) is 10.2 Å². The van der Waals surface area contributed by atoms with Crippen LogP contribution in [0.1, 0.15) is 19.0 Å². The number of aromatic amines is 1. The number of rotatable bonds is 4. The second-order valence-electron chi connectivity index (χ2n) is 6.66. The topological polar surface area (TPSA) is 84.8 Å². The number of ether oxygens (including phenoxy) is 1. The number of aryl methyl sites for hydroxylation is 2. The van der Waals surface area contributed by atoms with Crippen LogP contribution in [0.15, 0.2) is 24.5 Å². The molecule has 2 aromatic heterocycles. The van der Waals surface area contributed by atoms with Crippen LogP contribution in [0.5, 0.6) is 5.75 Å². The lowest BCUT2D eigenvalue weighted by Crippen LogP contribution is -2.25. The van der Waals surface area contributed by atoms with Crippen LogP contribution in [0, 0.1) is 12.8 Å². The number of amides is 1. The van der Waals surface area contributed by atoms with E-state index in [2.05, 4.69) is 20.6 Å². The van der Waals surface area contributed by atoms with Crippen molar-refractivity contribution in [1.82, 2.24) is 25.3 Å². The molecule has 1 aliphatic rings. The van der Waals surface area contributed by atoms with Crippen molar-refractivity contribution in [3.63, 3.8) is 0 Å². The summed E-state index contributed by atoms with van der Waals surface area (Å²) in [6.45, 7) is 4.72. The zero-order chi connectivity index (χ0) is 17.6.